The van der Waals surface area contributed by atoms with Crippen molar-refractivity contribution in [3.05, 3.63) is 48.3 Å². The summed E-state index contributed by atoms with van der Waals surface area (Å²) in [5.74, 6) is -0.443. The molecule has 14 heavy (non-hydrogen) atoms. The summed E-state index contributed by atoms with van der Waals surface area (Å²) in [6.45, 7) is 1.89. The molecule has 0 aliphatic rings. The summed E-state index contributed by atoms with van der Waals surface area (Å²) >= 11 is 0. The summed E-state index contributed by atoms with van der Waals surface area (Å²) in [6.07, 6.45) is 4.79. The molecule has 2 aromatic heterocycles. The van der Waals surface area contributed by atoms with E-state index in [0.717, 1.165) is 11.1 Å². The zero-order chi connectivity index (χ0) is 9.97. The van der Waals surface area contributed by atoms with Gasteiger partial charge in [-0.25, -0.2) is 4.98 Å². The fraction of sp³-hybridized carbons (Fsp3) is 0.0909. The highest BCUT2D eigenvalue weighted by atomic mass is 19.1. The summed E-state index contributed by atoms with van der Waals surface area (Å²) in [6, 6.07) is 5.30. The van der Waals surface area contributed by atoms with Crippen LogP contribution in [-0.4, -0.2) is 9.97 Å². The van der Waals surface area contributed by atoms with E-state index in [2.05, 4.69) is 9.97 Å². The monoisotopic (exact) mass is 188 g/mol. The van der Waals surface area contributed by atoms with Gasteiger partial charge in [0, 0.05) is 24.2 Å². The van der Waals surface area contributed by atoms with Crippen LogP contribution in [0.4, 0.5) is 4.39 Å². The van der Waals surface area contributed by atoms with E-state index >= 15 is 0 Å². The Labute approximate surface area is 81.5 Å². The van der Waals surface area contributed by atoms with Crippen LogP contribution in [0.5, 0.6) is 0 Å². The van der Waals surface area contributed by atoms with Crippen LogP contribution in [0.2, 0.25) is 0 Å². The van der Waals surface area contributed by atoms with Gasteiger partial charge in [-0.05, 0) is 36.2 Å². The lowest BCUT2D eigenvalue weighted by atomic mass is 10.1. The molecule has 2 nitrogen and oxygen atoms in total. The van der Waals surface area contributed by atoms with Crippen molar-refractivity contribution in [2.75, 3.05) is 0 Å². The second-order valence-corrected chi connectivity index (χ2v) is 3.09. The third-order valence-electron chi connectivity index (χ3n) is 1.97. The summed E-state index contributed by atoms with van der Waals surface area (Å²) < 4.78 is 13.3. The van der Waals surface area contributed by atoms with E-state index in [-0.39, 0.29) is 0 Å². The largest absolute Gasteiger partial charge is 0.265 e. The van der Waals surface area contributed by atoms with Crippen molar-refractivity contribution in [1.29, 1.82) is 0 Å². The Morgan fingerprint density at radius 1 is 1.21 bits per heavy atom. The van der Waals surface area contributed by atoms with E-state index in [9.17, 15) is 4.39 Å². The molecule has 0 radical (unpaired) electrons. The fourth-order valence-corrected chi connectivity index (χ4v) is 1.29. The Morgan fingerprint density at radius 2 is 1.93 bits per heavy atom. The summed E-state index contributed by atoms with van der Waals surface area (Å²) in [5.41, 5.74) is 2.26. The number of nitrogens with zero attached hydrogens (tertiary/aromatic N) is 2. The predicted molar refractivity (Wildman–Crippen MR) is 52.2 cm³/mol. The van der Waals surface area contributed by atoms with E-state index in [1.165, 1.54) is 6.20 Å². The standard InChI is InChI=1S/C11H9FN2/c1-8-6-10(11(12)14-7-8)9-2-4-13-5-3-9/h2-7H,1H3. The molecule has 0 saturated heterocycles. The minimum Gasteiger partial charge on any atom is -0.265 e. The first-order valence-electron chi connectivity index (χ1n) is 4.30. The van der Waals surface area contributed by atoms with Gasteiger partial charge in [-0.3, -0.25) is 4.98 Å². The third-order valence-corrected chi connectivity index (χ3v) is 1.97. The lowest BCUT2D eigenvalue weighted by Gasteiger charge is -2.02. The molecule has 2 heterocycles. The highest BCUT2D eigenvalue weighted by Gasteiger charge is 2.05. The van der Waals surface area contributed by atoms with Crippen LogP contribution in [0, 0.1) is 12.9 Å². The molecule has 0 aliphatic heterocycles. The maximum atomic E-state index is 13.3. The molecule has 0 fully saturated rings. The van der Waals surface area contributed by atoms with Gasteiger partial charge in [0.15, 0.2) is 0 Å². The molecule has 0 amide bonds. The van der Waals surface area contributed by atoms with Crippen molar-refractivity contribution < 1.29 is 4.39 Å². The molecule has 2 aromatic rings. The topological polar surface area (TPSA) is 25.8 Å². The molecule has 0 unspecified atom stereocenters. The third kappa shape index (κ3) is 1.62. The predicted octanol–water partition coefficient (Wildman–Crippen LogP) is 2.59. The van der Waals surface area contributed by atoms with Crippen LogP contribution in [0.25, 0.3) is 11.1 Å². The lowest BCUT2D eigenvalue weighted by Crippen LogP contribution is -1.90. The quantitative estimate of drug-likeness (QED) is 0.643. The maximum Gasteiger partial charge on any atom is 0.220 e. The van der Waals surface area contributed by atoms with Gasteiger partial charge in [0.2, 0.25) is 5.95 Å². The fourth-order valence-electron chi connectivity index (χ4n) is 1.29. The second kappa shape index (κ2) is 3.54. The smallest absolute Gasteiger partial charge is 0.220 e. The minimum absolute atomic E-state index is 0.443. The second-order valence-electron chi connectivity index (χ2n) is 3.09. The highest BCUT2D eigenvalue weighted by molar-refractivity contribution is 5.62. The van der Waals surface area contributed by atoms with Gasteiger partial charge in [0.25, 0.3) is 0 Å². The molecular formula is C11H9FN2. The molecule has 0 aromatic carbocycles. The van der Waals surface area contributed by atoms with Crippen LogP contribution in [0.15, 0.2) is 36.8 Å². The first kappa shape index (κ1) is 8.81. The van der Waals surface area contributed by atoms with Crippen molar-refractivity contribution in [2.24, 2.45) is 0 Å². The average molecular weight is 188 g/mol. The molecule has 2 rings (SSSR count). The van der Waals surface area contributed by atoms with Crippen molar-refractivity contribution in [3.8, 4) is 11.1 Å². The number of hydrogen-bond acceptors (Lipinski definition) is 2. The SMILES string of the molecule is Cc1cnc(F)c(-c2ccncc2)c1. The van der Waals surface area contributed by atoms with Crippen molar-refractivity contribution in [1.82, 2.24) is 9.97 Å². The molecular weight excluding hydrogens is 179 g/mol. The zero-order valence-electron chi connectivity index (χ0n) is 7.74. The van der Waals surface area contributed by atoms with E-state index in [1.807, 2.05) is 6.92 Å². The zero-order valence-corrected chi connectivity index (χ0v) is 7.74. The number of halogens is 1. The Morgan fingerprint density at radius 3 is 2.64 bits per heavy atom. The molecule has 0 spiro atoms. The molecule has 70 valence electrons. The van der Waals surface area contributed by atoms with Gasteiger partial charge in [-0.15, -0.1) is 0 Å². The summed E-state index contributed by atoms with van der Waals surface area (Å²) in [5, 5.41) is 0. The Bertz CT molecular complexity index is 440. The van der Waals surface area contributed by atoms with Gasteiger partial charge >= 0.3 is 0 Å². The summed E-state index contributed by atoms with van der Waals surface area (Å²) in [4.78, 5) is 7.55. The van der Waals surface area contributed by atoms with Gasteiger partial charge in [0.1, 0.15) is 0 Å². The molecule has 3 heteroatoms. The summed E-state index contributed by atoms with van der Waals surface area (Å²) in [7, 11) is 0. The Kier molecular flexibility index (Phi) is 2.23. The van der Waals surface area contributed by atoms with Gasteiger partial charge in [-0.2, -0.15) is 4.39 Å². The van der Waals surface area contributed by atoms with Gasteiger partial charge in [-0.1, -0.05) is 0 Å². The van der Waals surface area contributed by atoms with E-state index in [0.29, 0.717) is 5.56 Å². The normalized spacial score (nSPS) is 10.1. The number of aryl methyl sites for hydroxylation is 1. The molecule has 0 N–H and O–H groups in total. The van der Waals surface area contributed by atoms with Crippen LogP contribution < -0.4 is 0 Å². The number of rotatable bonds is 1. The first-order valence-corrected chi connectivity index (χ1v) is 4.30. The van der Waals surface area contributed by atoms with Crippen LogP contribution in [-0.2, 0) is 0 Å². The molecule has 0 atom stereocenters. The molecule has 0 bridgehead atoms. The molecule has 0 saturated carbocycles. The van der Waals surface area contributed by atoms with Crippen LogP contribution >= 0.6 is 0 Å². The van der Waals surface area contributed by atoms with E-state index < -0.39 is 5.95 Å². The van der Waals surface area contributed by atoms with Gasteiger partial charge in [0.05, 0.1) is 0 Å². The van der Waals surface area contributed by atoms with Crippen molar-refractivity contribution in [2.45, 2.75) is 6.92 Å². The number of hydrogen-bond donors (Lipinski definition) is 0. The van der Waals surface area contributed by atoms with Gasteiger partial charge < -0.3 is 0 Å². The Balaban J connectivity index is 2.57. The maximum absolute atomic E-state index is 13.3. The minimum atomic E-state index is -0.443. The van der Waals surface area contributed by atoms with Crippen LogP contribution in [0.3, 0.4) is 0 Å². The molecule has 0 aliphatic carbocycles. The van der Waals surface area contributed by atoms with Crippen molar-refractivity contribution >= 4 is 0 Å². The highest BCUT2D eigenvalue weighted by Crippen LogP contribution is 2.21. The van der Waals surface area contributed by atoms with E-state index in [1.54, 1.807) is 30.6 Å². The number of pyridine rings is 2. The van der Waals surface area contributed by atoms with Crippen LogP contribution in [0.1, 0.15) is 5.56 Å². The number of aromatic nitrogens is 2. The average Bonchev–Trinajstić information content (AvgIpc) is 2.23. The lowest BCUT2D eigenvalue weighted by molar-refractivity contribution is 0.587. The first-order chi connectivity index (χ1) is 6.77. The van der Waals surface area contributed by atoms with Crippen molar-refractivity contribution in [3.63, 3.8) is 0 Å². The Hall–Kier alpha value is -1.77. The van der Waals surface area contributed by atoms with E-state index in [4.69, 9.17) is 0 Å².